The number of nitrogens with zero attached hydrogens (tertiary/aromatic N) is 2. The van der Waals surface area contributed by atoms with Crippen LogP contribution in [0.2, 0.25) is 0 Å². The molecule has 128 valence electrons. The molecule has 4 heteroatoms. The molecule has 2 fully saturated rings. The molecule has 2 aliphatic rings. The van der Waals surface area contributed by atoms with Gasteiger partial charge in [0.25, 0.3) is 0 Å². The third-order valence-electron chi connectivity index (χ3n) is 6.25. The molecule has 5 atom stereocenters. The fourth-order valence-electron chi connectivity index (χ4n) is 4.91. The van der Waals surface area contributed by atoms with Gasteiger partial charge in [-0.05, 0) is 56.1 Å². The average Bonchev–Trinajstić information content (AvgIpc) is 3.30. The van der Waals surface area contributed by atoms with Crippen molar-refractivity contribution in [2.75, 3.05) is 0 Å². The Balaban J connectivity index is 1.37. The van der Waals surface area contributed by atoms with E-state index in [4.69, 9.17) is 0 Å². The van der Waals surface area contributed by atoms with Crippen LogP contribution in [0.15, 0.2) is 30.6 Å². The average molecular weight is 325 g/mol. The Labute approximate surface area is 143 Å². The van der Waals surface area contributed by atoms with E-state index in [1.165, 1.54) is 25.7 Å². The van der Waals surface area contributed by atoms with Crippen molar-refractivity contribution in [1.82, 2.24) is 14.9 Å². The van der Waals surface area contributed by atoms with Crippen molar-refractivity contribution in [3.63, 3.8) is 0 Å². The second-order valence-corrected chi connectivity index (χ2v) is 7.92. The first-order valence-electron chi connectivity index (χ1n) is 9.32. The summed E-state index contributed by atoms with van der Waals surface area (Å²) < 4.78 is 2.09. The maximum atomic E-state index is 12.6. The highest BCUT2D eigenvalue weighted by Gasteiger charge is 2.42. The van der Waals surface area contributed by atoms with Crippen molar-refractivity contribution < 1.29 is 4.79 Å². The van der Waals surface area contributed by atoms with Gasteiger partial charge >= 0.3 is 0 Å². The highest BCUT2D eigenvalue weighted by atomic mass is 16.1. The van der Waals surface area contributed by atoms with Gasteiger partial charge in [0.15, 0.2) is 0 Å². The van der Waals surface area contributed by atoms with E-state index in [0.717, 1.165) is 22.9 Å². The molecule has 0 saturated heterocycles. The van der Waals surface area contributed by atoms with Gasteiger partial charge in [0.05, 0.1) is 23.3 Å². The Morgan fingerprint density at radius 3 is 2.88 bits per heavy atom. The molecule has 1 amide bonds. The van der Waals surface area contributed by atoms with Gasteiger partial charge in [-0.1, -0.05) is 25.5 Å². The number of hydrogen-bond donors (Lipinski definition) is 1. The van der Waals surface area contributed by atoms with E-state index in [-0.39, 0.29) is 11.8 Å². The third kappa shape index (κ3) is 2.83. The zero-order valence-electron chi connectivity index (χ0n) is 14.6. The Morgan fingerprint density at radius 2 is 2.12 bits per heavy atom. The molecule has 1 aromatic carbocycles. The van der Waals surface area contributed by atoms with Gasteiger partial charge in [-0.25, -0.2) is 4.98 Å². The standard InChI is InChI=1S/C20H27N3O/c1-13(11-23-12-21-18-5-3-4-6-19(18)23)20(24)22-14(2)17-10-15-7-8-16(17)9-15/h3-6,12-17H,7-11H2,1-2H3,(H,22,24)/t13-,14+,15+,16+,17+/m1/s1. The minimum absolute atomic E-state index is 0.0522. The van der Waals surface area contributed by atoms with Crippen molar-refractivity contribution >= 4 is 16.9 Å². The largest absolute Gasteiger partial charge is 0.353 e. The molecule has 0 unspecified atom stereocenters. The van der Waals surface area contributed by atoms with Gasteiger partial charge in [0.2, 0.25) is 5.91 Å². The van der Waals surface area contributed by atoms with Crippen LogP contribution in [0.25, 0.3) is 11.0 Å². The fourth-order valence-corrected chi connectivity index (χ4v) is 4.91. The lowest BCUT2D eigenvalue weighted by Gasteiger charge is -2.29. The molecule has 0 aliphatic heterocycles. The maximum Gasteiger partial charge on any atom is 0.224 e. The second-order valence-electron chi connectivity index (χ2n) is 7.92. The third-order valence-corrected chi connectivity index (χ3v) is 6.25. The summed E-state index contributed by atoms with van der Waals surface area (Å²) >= 11 is 0. The summed E-state index contributed by atoms with van der Waals surface area (Å²) in [4.78, 5) is 17.0. The van der Waals surface area contributed by atoms with Crippen molar-refractivity contribution in [2.45, 2.75) is 52.1 Å². The Hall–Kier alpha value is -1.84. The summed E-state index contributed by atoms with van der Waals surface area (Å²) in [5, 5.41) is 3.29. The molecular formula is C20H27N3O. The van der Waals surface area contributed by atoms with Gasteiger partial charge in [-0.3, -0.25) is 4.79 Å². The van der Waals surface area contributed by atoms with Crippen LogP contribution in [0.4, 0.5) is 0 Å². The van der Waals surface area contributed by atoms with Crippen molar-refractivity contribution in [3.8, 4) is 0 Å². The lowest BCUT2D eigenvalue weighted by Crippen LogP contribution is -2.43. The van der Waals surface area contributed by atoms with Crippen LogP contribution in [0.5, 0.6) is 0 Å². The number of carbonyl (C=O) groups is 1. The zero-order chi connectivity index (χ0) is 16.7. The number of para-hydroxylation sites is 2. The Bertz CT molecular complexity index is 737. The van der Waals surface area contributed by atoms with Crippen molar-refractivity contribution in [1.29, 1.82) is 0 Å². The second kappa shape index (κ2) is 6.23. The minimum Gasteiger partial charge on any atom is -0.353 e. The highest BCUT2D eigenvalue weighted by molar-refractivity contribution is 5.79. The maximum absolute atomic E-state index is 12.6. The number of aromatic nitrogens is 2. The first kappa shape index (κ1) is 15.7. The topological polar surface area (TPSA) is 46.9 Å². The number of rotatable bonds is 5. The number of imidazole rings is 1. The molecule has 2 bridgehead atoms. The van der Waals surface area contributed by atoms with Crippen LogP contribution in [0.1, 0.15) is 39.5 Å². The summed E-state index contributed by atoms with van der Waals surface area (Å²) in [6.45, 7) is 4.88. The predicted molar refractivity (Wildman–Crippen MR) is 95.4 cm³/mol. The molecule has 1 aromatic heterocycles. The van der Waals surface area contributed by atoms with E-state index in [9.17, 15) is 4.79 Å². The van der Waals surface area contributed by atoms with E-state index in [1.807, 2.05) is 31.5 Å². The SMILES string of the molecule is C[C@H](Cn1cnc2ccccc21)C(=O)N[C@@H](C)[C@@H]1C[C@H]2CC[C@H]1C2. The summed E-state index contributed by atoms with van der Waals surface area (Å²) in [5.41, 5.74) is 2.08. The smallest absolute Gasteiger partial charge is 0.224 e. The zero-order valence-corrected chi connectivity index (χ0v) is 14.6. The molecule has 2 saturated carbocycles. The normalized spacial score (nSPS) is 28.2. The first-order valence-corrected chi connectivity index (χ1v) is 9.32. The van der Waals surface area contributed by atoms with Gasteiger partial charge in [-0.2, -0.15) is 0 Å². The summed E-state index contributed by atoms with van der Waals surface area (Å²) in [7, 11) is 0. The highest BCUT2D eigenvalue weighted by Crippen LogP contribution is 2.49. The molecule has 0 spiro atoms. The molecule has 4 nitrogen and oxygen atoms in total. The summed E-state index contributed by atoms with van der Waals surface area (Å²) in [5.74, 6) is 2.58. The van der Waals surface area contributed by atoms with Crippen LogP contribution in [-0.4, -0.2) is 21.5 Å². The van der Waals surface area contributed by atoms with E-state index in [0.29, 0.717) is 18.5 Å². The lowest BCUT2D eigenvalue weighted by molar-refractivity contribution is -0.126. The number of nitrogens with one attached hydrogen (secondary N) is 1. The van der Waals surface area contributed by atoms with Crippen molar-refractivity contribution in [2.24, 2.45) is 23.7 Å². The summed E-state index contributed by atoms with van der Waals surface area (Å²) in [6, 6.07) is 8.38. The van der Waals surface area contributed by atoms with E-state index < -0.39 is 0 Å². The number of carbonyl (C=O) groups excluding carboxylic acids is 1. The monoisotopic (exact) mass is 325 g/mol. The number of benzene rings is 1. The lowest BCUT2D eigenvalue weighted by atomic mass is 9.84. The Morgan fingerprint density at radius 1 is 1.29 bits per heavy atom. The molecule has 1 heterocycles. The van der Waals surface area contributed by atoms with Gasteiger partial charge in [-0.15, -0.1) is 0 Å². The Kier molecular flexibility index (Phi) is 4.07. The molecule has 2 aliphatic carbocycles. The van der Waals surface area contributed by atoms with Crippen LogP contribution in [0, 0.1) is 23.7 Å². The molecule has 1 N–H and O–H groups in total. The first-order chi connectivity index (χ1) is 11.6. The number of amides is 1. The molecule has 4 rings (SSSR count). The van der Waals surface area contributed by atoms with Crippen molar-refractivity contribution in [3.05, 3.63) is 30.6 Å². The van der Waals surface area contributed by atoms with E-state index >= 15 is 0 Å². The predicted octanol–water partition coefficient (Wildman–Crippen LogP) is 3.61. The van der Waals surface area contributed by atoms with Gasteiger partial charge in [0, 0.05) is 12.6 Å². The molecule has 0 radical (unpaired) electrons. The van der Waals surface area contributed by atoms with Gasteiger partial charge < -0.3 is 9.88 Å². The quantitative estimate of drug-likeness (QED) is 0.913. The van der Waals surface area contributed by atoms with Crippen LogP contribution >= 0.6 is 0 Å². The van der Waals surface area contributed by atoms with E-state index in [1.54, 1.807) is 0 Å². The van der Waals surface area contributed by atoms with Crippen LogP contribution < -0.4 is 5.32 Å². The van der Waals surface area contributed by atoms with Gasteiger partial charge in [0.1, 0.15) is 0 Å². The molecule has 24 heavy (non-hydrogen) atoms. The van der Waals surface area contributed by atoms with E-state index in [2.05, 4.69) is 27.9 Å². The number of hydrogen-bond acceptors (Lipinski definition) is 2. The minimum atomic E-state index is -0.0522. The number of fused-ring (bicyclic) bond motifs is 3. The molecule has 2 aromatic rings. The molecular weight excluding hydrogens is 298 g/mol. The summed E-state index contributed by atoms with van der Waals surface area (Å²) in [6.07, 6.45) is 7.32. The van der Waals surface area contributed by atoms with Crippen LogP contribution in [-0.2, 0) is 11.3 Å². The van der Waals surface area contributed by atoms with Crippen LogP contribution in [0.3, 0.4) is 0 Å². The fraction of sp³-hybridized carbons (Fsp3) is 0.600.